The van der Waals surface area contributed by atoms with Crippen molar-refractivity contribution in [3.63, 3.8) is 0 Å². The van der Waals surface area contributed by atoms with Gasteiger partial charge in [-0.25, -0.2) is 0 Å². The molecule has 0 aliphatic carbocycles. The molecule has 182 valence electrons. The topological polar surface area (TPSA) is 46.2 Å². The summed E-state index contributed by atoms with van der Waals surface area (Å²) in [7, 11) is 0. The molecule has 1 N–H and O–H groups in total. The highest BCUT2D eigenvalue weighted by Gasteiger charge is 2.24. The Morgan fingerprint density at radius 3 is 1.39 bits per heavy atom. The van der Waals surface area contributed by atoms with Crippen molar-refractivity contribution in [2.45, 2.75) is 65.8 Å². The lowest BCUT2D eigenvalue weighted by molar-refractivity contribution is -0.128. The van der Waals surface area contributed by atoms with Gasteiger partial charge in [0, 0.05) is 30.1 Å². The summed E-state index contributed by atoms with van der Waals surface area (Å²) in [4.78, 5) is 24.5. The Hall–Kier alpha value is -5.70. The van der Waals surface area contributed by atoms with Gasteiger partial charge in [-0.05, 0) is 114 Å². The molecule has 0 aromatic heterocycles. The third kappa shape index (κ3) is 19.7. The normalized spacial score (nSPS) is 8.32. The van der Waals surface area contributed by atoms with Crippen LogP contribution in [0, 0.1) is 136 Å². The van der Waals surface area contributed by atoms with E-state index in [-0.39, 0.29) is 24.0 Å². The van der Waals surface area contributed by atoms with Crippen molar-refractivity contribution in [2.24, 2.45) is 5.92 Å². The van der Waals surface area contributed by atoms with E-state index in [2.05, 4.69) is 136 Å². The molecule has 0 saturated heterocycles. The number of nitrogens with one attached hydrogen (secondary N) is 1. The predicted molar refractivity (Wildman–Crippen MR) is 152 cm³/mol. The molecule has 0 spiro atoms. The van der Waals surface area contributed by atoms with E-state index in [9.17, 15) is 9.59 Å². The van der Waals surface area contributed by atoms with Crippen LogP contribution in [0.3, 0.4) is 0 Å². The molecule has 3 heteroatoms. The highest BCUT2D eigenvalue weighted by Crippen LogP contribution is 2.11. The van der Waals surface area contributed by atoms with Crippen LogP contribution < -0.4 is 5.32 Å². The Labute approximate surface area is 228 Å². The van der Waals surface area contributed by atoms with Crippen LogP contribution in [0.25, 0.3) is 0 Å². The average Bonchev–Trinajstić information content (AvgIpc) is 2.92. The number of rotatable bonds is 8. The Morgan fingerprint density at radius 1 is 0.632 bits per heavy atom. The zero-order valence-electron chi connectivity index (χ0n) is 22.0. The van der Waals surface area contributed by atoms with E-state index in [4.69, 9.17) is 0 Å². The number of carbonyl (C=O) groups excluding carboxylic acids is 2. The Balaban J connectivity index is 4.69. The maximum absolute atomic E-state index is 12.5. The van der Waals surface area contributed by atoms with Crippen molar-refractivity contribution in [3.8, 4) is 130 Å². The molecular weight excluding hydrogens is 466 g/mol. The summed E-state index contributed by atoms with van der Waals surface area (Å²) in [6, 6.07) is -0.537. The summed E-state index contributed by atoms with van der Waals surface area (Å²) >= 11 is 0. The Kier molecular flexibility index (Phi) is 20.8. The number of amides is 1. The van der Waals surface area contributed by atoms with E-state index < -0.39 is 6.04 Å². The van der Waals surface area contributed by atoms with Gasteiger partial charge in [-0.1, -0.05) is 45.5 Å². The quantitative estimate of drug-likeness (QED) is 0.531. The van der Waals surface area contributed by atoms with Crippen molar-refractivity contribution >= 4 is 11.7 Å². The molecule has 0 fully saturated rings. The summed E-state index contributed by atoms with van der Waals surface area (Å²) in [6.07, 6.45) is 2.93. The lowest BCUT2D eigenvalue weighted by Gasteiger charge is -2.22. The van der Waals surface area contributed by atoms with Crippen molar-refractivity contribution in [1.82, 2.24) is 5.32 Å². The van der Waals surface area contributed by atoms with E-state index in [1.165, 1.54) is 0 Å². The fourth-order valence-electron chi connectivity index (χ4n) is 2.27. The van der Waals surface area contributed by atoms with Gasteiger partial charge < -0.3 is 5.32 Å². The molecule has 2 atom stereocenters. The largest absolute Gasteiger partial charge is 0.346 e. The molecule has 0 bridgehead atoms. The molecular formula is C35H25NO2. The maximum atomic E-state index is 12.5. The first-order chi connectivity index (χ1) is 18.6. The number of hydrogen-bond acceptors (Lipinski definition) is 2. The minimum Gasteiger partial charge on any atom is -0.346 e. The van der Waals surface area contributed by atoms with Gasteiger partial charge in [-0.15, -0.1) is 0 Å². The number of hydrogen-bond donors (Lipinski definition) is 1. The van der Waals surface area contributed by atoms with Crippen LogP contribution in [0.2, 0.25) is 0 Å². The summed E-state index contributed by atoms with van der Waals surface area (Å²) in [5.74, 6) is 55.6. The molecule has 3 nitrogen and oxygen atoms in total. The van der Waals surface area contributed by atoms with E-state index in [0.717, 1.165) is 19.3 Å². The van der Waals surface area contributed by atoms with Crippen molar-refractivity contribution < 1.29 is 9.59 Å². The molecule has 1 amide bonds. The molecule has 0 rings (SSSR count). The average molecular weight is 492 g/mol. The van der Waals surface area contributed by atoms with Gasteiger partial charge >= 0.3 is 0 Å². The van der Waals surface area contributed by atoms with E-state index in [1.54, 1.807) is 6.92 Å². The zero-order chi connectivity index (χ0) is 28.1. The number of unbranched alkanes of at least 4 members (excludes halogenated alkanes) is 1. The van der Waals surface area contributed by atoms with E-state index >= 15 is 0 Å². The van der Waals surface area contributed by atoms with Crippen LogP contribution in [0.4, 0.5) is 0 Å². The van der Waals surface area contributed by atoms with Crippen molar-refractivity contribution in [1.29, 1.82) is 0 Å². The molecule has 0 aromatic carbocycles. The molecule has 0 saturated carbocycles. The second kappa shape index (κ2) is 24.4. The van der Waals surface area contributed by atoms with Gasteiger partial charge in [0.2, 0.25) is 5.91 Å². The van der Waals surface area contributed by atoms with Crippen LogP contribution in [0.1, 0.15) is 59.8 Å². The number of ketones is 1. The van der Waals surface area contributed by atoms with Gasteiger partial charge in [-0.2, -0.15) is 0 Å². The van der Waals surface area contributed by atoms with Gasteiger partial charge in [0.05, 0.1) is 12.5 Å². The first kappa shape index (κ1) is 32.3. The third-order valence-corrected chi connectivity index (χ3v) is 4.30. The zero-order valence-corrected chi connectivity index (χ0v) is 22.0. The van der Waals surface area contributed by atoms with Crippen LogP contribution in [-0.4, -0.2) is 17.7 Å². The predicted octanol–water partition coefficient (Wildman–Crippen LogP) is 2.72. The van der Waals surface area contributed by atoms with Gasteiger partial charge in [0.1, 0.15) is 0 Å². The van der Waals surface area contributed by atoms with E-state index in [0.29, 0.717) is 6.42 Å². The molecule has 0 aromatic rings. The molecule has 38 heavy (non-hydrogen) atoms. The molecule has 0 heterocycles. The highest BCUT2D eigenvalue weighted by molar-refractivity contribution is 5.90. The van der Waals surface area contributed by atoms with Crippen molar-refractivity contribution in [2.75, 3.05) is 0 Å². The van der Waals surface area contributed by atoms with Crippen LogP contribution in [0.15, 0.2) is 0 Å². The maximum Gasteiger partial charge on any atom is 0.220 e. The van der Waals surface area contributed by atoms with Crippen LogP contribution in [-0.2, 0) is 9.59 Å². The van der Waals surface area contributed by atoms with Crippen LogP contribution in [0.5, 0.6) is 0 Å². The number of carbonyl (C=O) groups is 2. The summed E-state index contributed by atoms with van der Waals surface area (Å²) < 4.78 is 0. The van der Waals surface area contributed by atoms with Crippen LogP contribution >= 0.6 is 0 Å². The molecule has 2 unspecified atom stereocenters. The highest BCUT2D eigenvalue weighted by atomic mass is 16.2. The lowest BCUT2D eigenvalue weighted by Crippen LogP contribution is -2.44. The van der Waals surface area contributed by atoms with Crippen molar-refractivity contribution in [3.05, 3.63) is 0 Å². The summed E-state index contributed by atoms with van der Waals surface area (Å²) in [5, 5.41) is 2.85. The smallest absolute Gasteiger partial charge is 0.220 e. The molecule has 0 aliphatic rings. The summed E-state index contributed by atoms with van der Waals surface area (Å²) in [6.45, 7) is 7.63. The minimum absolute atomic E-state index is 0.0109. The Morgan fingerprint density at radius 2 is 1.03 bits per heavy atom. The molecule has 0 radical (unpaired) electrons. The first-order valence-electron chi connectivity index (χ1n) is 11.8. The minimum atomic E-state index is -0.537. The standard InChI is InChI=1S/C35H25NO2/c1-5-8-10-11-12-13-14-15-16-17-18-19-20-21-22-23-24-25-26-27-28-29-30-33(37)35(32(4)7-3)36-34(38)31-9-6-2/h32,35H,6-7,9,30-31H2,1-4H3,(H,36,38). The SMILES string of the molecule is CC#CC#CC#CC#CC#CC#CC#CC#CC#CC#CC#CCC(=O)C(NC(=O)CCCC)C(C)CC. The Bertz CT molecular complexity index is 1560. The monoisotopic (exact) mass is 491 g/mol. The number of Topliss-reactive ketones (excluding diaryl/α,β-unsaturated/α-hetero) is 1. The second-order valence-corrected chi connectivity index (χ2v) is 7.10. The fourth-order valence-corrected chi connectivity index (χ4v) is 2.27. The lowest BCUT2D eigenvalue weighted by atomic mass is 9.93. The first-order valence-corrected chi connectivity index (χ1v) is 11.8. The summed E-state index contributed by atoms with van der Waals surface area (Å²) in [5.41, 5.74) is 0. The van der Waals surface area contributed by atoms with Gasteiger partial charge in [-0.3, -0.25) is 9.59 Å². The second-order valence-electron chi connectivity index (χ2n) is 7.10. The molecule has 0 aliphatic heterocycles. The van der Waals surface area contributed by atoms with Gasteiger partial charge in [0.25, 0.3) is 0 Å². The fraction of sp³-hybridized carbons (Fsp3) is 0.314. The van der Waals surface area contributed by atoms with E-state index in [1.807, 2.05) is 20.8 Å². The third-order valence-electron chi connectivity index (χ3n) is 4.30. The van der Waals surface area contributed by atoms with Gasteiger partial charge in [0.15, 0.2) is 5.78 Å².